The number of hydrogen-bond acceptors (Lipinski definition) is 6. The molecule has 2 aromatic rings. The average Bonchev–Trinajstić information content (AvgIpc) is 3.13. The molecular weight excluding hydrogens is 328 g/mol. The minimum Gasteiger partial charge on any atom is -0.459 e. The van der Waals surface area contributed by atoms with E-state index in [0.717, 1.165) is 0 Å². The maximum absolute atomic E-state index is 11.7. The summed E-state index contributed by atoms with van der Waals surface area (Å²) in [4.78, 5) is 45.9. The van der Waals surface area contributed by atoms with E-state index in [9.17, 15) is 19.2 Å². The van der Waals surface area contributed by atoms with E-state index in [-0.39, 0.29) is 18.1 Å². The molecule has 0 aliphatic rings. The number of esters is 1. The number of carbonyl (C=O) groups excluding carboxylic acids is 4. The van der Waals surface area contributed by atoms with Gasteiger partial charge in [-0.25, -0.2) is 0 Å². The lowest BCUT2D eigenvalue weighted by atomic mass is 10.1. The van der Waals surface area contributed by atoms with Crippen molar-refractivity contribution in [2.45, 2.75) is 6.92 Å². The van der Waals surface area contributed by atoms with Crippen LogP contribution < -0.4 is 10.6 Å². The molecular formula is C17H16N2O6. The van der Waals surface area contributed by atoms with Gasteiger partial charge in [0.2, 0.25) is 0 Å². The summed E-state index contributed by atoms with van der Waals surface area (Å²) in [7, 11) is 0. The average molecular weight is 344 g/mol. The molecule has 2 rings (SSSR count). The second kappa shape index (κ2) is 8.44. The Labute approximate surface area is 143 Å². The lowest BCUT2D eigenvalue weighted by molar-refractivity contribution is -0.146. The molecule has 0 radical (unpaired) electrons. The first-order valence-corrected chi connectivity index (χ1v) is 7.34. The van der Waals surface area contributed by atoms with Crippen LogP contribution in [-0.2, 0) is 14.3 Å². The molecule has 0 fully saturated rings. The van der Waals surface area contributed by atoms with Gasteiger partial charge >= 0.3 is 5.97 Å². The lowest BCUT2D eigenvalue weighted by Gasteiger charge is -2.07. The van der Waals surface area contributed by atoms with Gasteiger partial charge in [0, 0.05) is 11.3 Å². The van der Waals surface area contributed by atoms with E-state index in [4.69, 9.17) is 9.15 Å². The van der Waals surface area contributed by atoms with Crippen LogP contribution in [0.5, 0.6) is 0 Å². The Morgan fingerprint density at radius 1 is 1.08 bits per heavy atom. The molecule has 130 valence electrons. The van der Waals surface area contributed by atoms with E-state index in [1.807, 2.05) is 0 Å². The zero-order chi connectivity index (χ0) is 18.2. The van der Waals surface area contributed by atoms with Gasteiger partial charge in [-0.15, -0.1) is 0 Å². The number of anilines is 1. The second-order valence-corrected chi connectivity index (χ2v) is 5.00. The summed E-state index contributed by atoms with van der Waals surface area (Å²) < 4.78 is 9.62. The molecule has 8 nitrogen and oxygen atoms in total. The van der Waals surface area contributed by atoms with Gasteiger partial charge in [-0.1, -0.05) is 0 Å². The first-order chi connectivity index (χ1) is 12.0. The van der Waals surface area contributed by atoms with Crippen LogP contribution in [0, 0.1) is 0 Å². The van der Waals surface area contributed by atoms with Crippen LogP contribution in [-0.4, -0.2) is 36.7 Å². The monoisotopic (exact) mass is 344 g/mol. The summed E-state index contributed by atoms with van der Waals surface area (Å²) in [5.74, 6) is -1.87. The Morgan fingerprint density at radius 2 is 1.80 bits per heavy atom. The fraction of sp³-hybridized carbons (Fsp3) is 0.176. The first kappa shape index (κ1) is 17.9. The third kappa shape index (κ3) is 5.61. The SMILES string of the molecule is CC(=O)c1ccc(NC(=O)COC(=O)CNC(=O)c2ccco2)cc1. The number of furan rings is 1. The van der Waals surface area contributed by atoms with Crippen LogP contribution in [0.25, 0.3) is 0 Å². The Hall–Kier alpha value is -3.42. The van der Waals surface area contributed by atoms with Crippen LogP contribution >= 0.6 is 0 Å². The molecule has 0 saturated carbocycles. The van der Waals surface area contributed by atoms with Gasteiger partial charge in [0.05, 0.1) is 6.26 Å². The van der Waals surface area contributed by atoms with Crippen molar-refractivity contribution < 1.29 is 28.3 Å². The van der Waals surface area contributed by atoms with E-state index < -0.39 is 24.4 Å². The Bertz CT molecular complexity index is 765. The van der Waals surface area contributed by atoms with Crippen LogP contribution in [0.3, 0.4) is 0 Å². The van der Waals surface area contributed by atoms with Crippen LogP contribution in [0.1, 0.15) is 27.8 Å². The number of ketones is 1. The van der Waals surface area contributed by atoms with Crippen molar-refractivity contribution in [1.29, 1.82) is 0 Å². The third-order valence-electron chi connectivity index (χ3n) is 3.08. The van der Waals surface area contributed by atoms with Crippen molar-refractivity contribution in [2.24, 2.45) is 0 Å². The maximum Gasteiger partial charge on any atom is 0.325 e. The fourth-order valence-electron chi connectivity index (χ4n) is 1.83. The molecule has 1 aromatic heterocycles. The zero-order valence-corrected chi connectivity index (χ0v) is 13.4. The fourth-order valence-corrected chi connectivity index (χ4v) is 1.83. The minimum atomic E-state index is -0.762. The number of Topliss-reactive ketones (excluding diaryl/α,β-unsaturated/α-hetero) is 1. The molecule has 1 heterocycles. The summed E-state index contributed by atoms with van der Waals surface area (Å²) >= 11 is 0. The Morgan fingerprint density at radius 3 is 2.40 bits per heavy atom. The molecule has 0 saturated heterocycles. The van der Waals surface area contributed by atoms with Crippen LogP contribution in [0.2, 0.25) is 0 Å². The molecule has 0 bridgehead atoms. The van der Waals surface area contributed by atoms with Crippen molar-refractivity contribution in [3.05, 3.63) is 54.0 Å². The minimum absolute atomic E-state index is 0.0690. The number of benzene rings is 1. The van der Waals surface area contributed by atoms with E-state index >= 15 is 0 Å². The van der Waals surface area contributed by atoms with E-state index in [1.54, 1.807) is 30.3 Å². The summed E-state index contributed by atoms with van der Waals surface area (Å²) in [5.41, 5.74) is 0.994. The quantitative estimate of drug-likeness (QED) is 0.579. The second-order valence-electron chi connectivity index (χ2n) is 5.00. The van der Waals surface area contributed by atoms with Crippen LogP contribution in [0.4, 0.5) is 5.69 Å². The topological polar surface area (TPSA) is 115 Å². The molecule has 2 N–H and O–H groups in total. The van der Waals surface area contributed by atoms with E-state index in [0.29, 0.717) is 11.3 Å². The van der Waals surface area contributed by atoms with Crippen molar-refractivity contribution in [2.75, 3.05) is 18.5 Å². The van der Waals surface area contributed by atoms with E-state index in [1.165, 1.54) is 19.3 Å². The number of carbonyl (C=O) groups is 4. The summed E-state index contributed by atoms with van der Waals surface area (Å²) in [6, 6.07) is 9.29. The Kier molecular flexibility index (Phi) is 6.05. The van der Waals surface area contributed by atoms with Gasteiger partial charge in [-0.05, 0) is 43.3 Å². The van der Waals surface area contributed by atoms with Gasteiger partial charge in [-0.3, -0.25) is 19.2 Å². The van der Waals surface area contributed by atoms with Gasteiger partial charge < -0.3 is 19.8 Å². The van der Waals surface area contributed by atoms with Gasteiger partial charge in [0.1, 0.15) is 6.54 Å². The highest BCUT2D eigenvalue weighted by atomic mass is 16.5. The molecule has 8 heteroatoms. The van der Waals surface area contributed by atoms with Crippen molar-refractivity contribution in [1.82, 2.24) is 5.32 Å². The number of rotatable bonds is 7. The maximum atomic E-state index is 11.7. The van der Waals surface area contributed by atoms with Crippen LogP contribution in [0.15, 0.2) is 47.1 Å². The molecule has 0 spiro atoms. The highest BCUT2D eigenvalue weighted by molar-refractivity contribution is 5.96. The molecule has 0 atom stereocenters. The number of amides is 2. The van der Waals surface area contributed by atoms with Crippen molar-refractivity contribution in [3.8, 4) is 0 Å². The molecule has 1 aromatic carbocycles. The first-order valence-electron chi connectivity index (χ1n) is 7.34. The summed E-state index contributed by atoms with van der Waals surface area (Å²) in [6.45, 7) is 0.557. The predicted molar refractivity (Wildman–Crippen MR) is 87.1 cm³/mol. The van der Waals surface area contributed by atoms with Crippen molar-refractivity contribution >= 4 is 29.3 Å². The smallest absolute Gasteiger partial charge is 0.325 e. The number of hydrogen-bond donors (Lipinski definition) is 2. The van der Waals surface area contributed by atoms with Gasteiger partial charge in [-0.2, -0.15) is 0 Å². The molecule has 0 unspecified atom stereocenters. The van der Waals surface area contributed by atoms with Gasteiger partial charge in [0.15, 0.2) is 18.2 Å². The largest absolute Gasteiger partial charge is 0.459 e. The van der Waals surface area contributed by atoms with Gasteiger partial charge in [0.25, 0.3) is 11.8 Å². The number of nitrogens with one attached hydrogen (secondary N) is 2. The molecule has 0 aliphatic heterocycles. The zero-order valence-electron chi connectivity index (χ0n) is 13.4. The predicted octanol–water partition coefficient (Wildman–Crippen LogP) is 1.39. The normalized spacial score (nSPS) is 9.96. The van der Waals surface area contributed by atoms with E-state index in [2.05, 4.69) is 10.6 Å². The third-order valence-corrected chi connectivity index (χ3v) is 3.08. The summed E-state index contributed by atoms with van der Waals surface area (Å²) in [5, 5.41) is 4.83. The molecule has 25 heavy (non-hydrogen) atoms. The van der Waals surface area contributed by atoms with Crippen molar-refractivity contribution in [3.63, 3.8) is 0 Å². The standard InChI is InChI=1S/C17H16N2O6/c1-11(20)12-4-6-13(7-5-12)19-15(21)10-25-16(22)9-18-17(23)14-3-2-8-24-14/h2-8H,9-10H2,1H3,(H,18,23)(H,19,21). The molecule has 0 aliphatic carbocycles. The number of ether oxygens (including phenoxy) is 1. The molecule has 2 amide bonds. The highest BCUT2D eigenvalue weighted by Gasteiger charge is 2.12. The lowest BCUT2D eigenvalue weighted by Crippen LogP contribution is -2.32. The summed E-state index contributed by atoms with van der Waals surface area (Å²) in [6.07, 6.45) is 1.33. The highest BCUT2D eigenvalue weighted by Crippen LogP contribution is 2.09. The Balaban J connectivity index is 1.71.